The second kappa shape index (κ2) is 9.31. The third-order valence-electron chi connectivity index (χ3n) is 5.60. The van der Waals surface area contributed by atoms with Gasteiger partial charge in [0, 0.05) is 12.0 Å². The highest BCUT2D eigenvalue weighted by molar-refractivity contribution is 8.93. The van der Waals surface area contributed by atoms with Crippen molar-refractivity contribution >= 4 is 28.5 Å². The van der Waals surface area contributed by atoms with Crippen molar-refractivity contribution < 1.29 is 27.9 Å². The lowest BCUT2D eigenvalue weighted by Gasteiger charge is -2.30. The third kappa shape index (κ3) is 4.16. The van der Waals surface area contributed by atoms with Crippen LogP contribution in [-0.4, -0.2) is 42.3 Å². The molecule has 0 saturated heterocycles. The lowest BCUT2D eigenvalue weighted by atomic mass is 9.99. The average molecular weight is 484 g/mol. The fraction of sp³-hybridized carbons (Fsp3) is 0.409. The fourth-order valence-electron chi connectivity index (χ4n) is 4.30. The molecule has 5 nitrogen and oxygen atoms in total. The molecule has 0 fully saturated rings. The Kier molecular flexibility index (Phi) is 6.98. The summed E-state index contributed by atoms with van der Waals surface area (Å²) in [4.78, 5) is 1.94. The van der Waals surface area contributed by atoms with E-state index in [1.165, 1.54) is 12.1 Å². The summed E-state index contributed by atoms with van der Waals surface area (Å²) >= 11 is 0. The number of methoxy groups -OCH3 is 1. The number of alkyl halides is 2. The number of nitrogens with zero attached hydrogens (tertiary/aromatic N) is 2. The van der Waals surface area contributed by atoms with Gasteiger partial charge >= 0.3 is 6.61 Å². The molecule has 0 bridgehead atoms. The summed E-state index contributed by atoms with van der Waals surface area (Å²) in [6, 6.07) is 13.8. The van der Waals surface area contributed by atoms with E-state index in [-0.39, 0.29) is 22.7 Å². The second-order valence-electron chi connectivity index (χ2n) is 7.38. The molecule has 1 N–H and O–H groups in total. The lowest BCUT2D eigenvalue weighted by molar-refractivity contribution is -0.534. The predicted molar refractivity (Wildman–Crippen MR) is 116 cm³/mol. The Morgan fingerprint density at radius 2 is 1.80 bits per heavy atom. The summed E-state index contributed by atoms with van der Waals surface area (Å²) in [5.41, 5.74) is 0.0559. The molecule has 1 atom stereocenters. The number of rotatable bonds is 5. The summed E-state index contributed by atoms with van der Waals surface area (Å²) in [6.45, 7) is -1.61. The molecule has 2 aliphatic rings. The van der Waals surface area contributed by atoms with Gasteiger partial charge in [0.05, 0.1) is 13.7 Å². The zero-order valence-corrected chi connectivity index (χ0v) is 18.5. The van der Waals surface area contributed by atoms with Gasteiger partial charge < -0.3 is 14.6 Å². The van der Waals surface area contributed by atoms with E-state index in [1.807, 2.05) is 29.2 Å². The molecule has 1 unspecified atom stereocenters. The zero-order chi connectivity index (χ0) is 20.4. The van der Waals surface area contributed by atoms with Crippen LogP contribution < -0.4 is 14.4 Å². The molecule has 0 spiro atoms. The van der Waals surface area contributed by atoms with Gasteiger partial charge in [0.2, 0.25) is 0 Å². The molecule has 0 aromatic heterocycles. The quantitative estimate of drug-likeness (QED) is 0.634. The van der Waals surface area contributed by atoms with E-state index in [4.69, 9.17) is 4.74 Å². The first-order chi connectivity index (χ1) is 14.0. The number of para-hydroxylation sites is 2. The van der Waals surface area contributed by atoms with Crippen LogP contribution in [0.5, 0.6) is 11.5 Å². The van der Waals surface area contributed by atoms with Crippen LogP contribution in [0.1, 0.15) is 31.2 Å². The topological polar surface area (TPSA) is 44.9 Å². The van der Waals surface area contributed by atoms with Crippen molar-refractivity contribution in [3.05, 3.63) is 54.1 Å². The van der Waals surface area contributed by atoms with Gasteiger partial charge in [-0.1, -0.05) is 12.1 Å². The SMILES string of the molecule is Br.COc1ccccc1N1C2=[N+](CCCCC2)CC1(O)c1ccc(OC(F)F)cc1. The second-order valence-corrected chi connectivity index (χ2v) is 7.38. The van der Waals surface area contributed by atoms with Gasteiger partial charge in [-0.25, -0.2) is 0 Å². The third-order valence-corrected chi connectivity index (χ3v) is 5.60. The first-order valence-electron chi connectivity index (χ1n) is 9.84. The van der Waals surface area contributed by atoms with Gasteiger partial charge in [-0.3, -0.25) is 4.58 Å². The van der Waals surface area contributed by atoms with Gasteiger partial charge in [-0.05, 0) is 55.7 Å². The van der Waals surface area contributed by atoms with Crippen LogP contribution in [0.3, 0.4) is 0 Å². The summed E-state index contributed by atoms with van der Waals surface area (Å²) in [6.07, 6.45) is 4.13. The van der Waals surface area contributed by atoms with E-state index in [1.54, 1.807) is 19.2 Å². The number of halogens is 3. The van der Waals surface area contributed by atoms with E-state index >= 15 is 0 Å². The highest BCUT2D eigenvalue weighted by atomic mass is 79.9. The monoisotopic (exact) mass is 483 g/mol. The maximum Gasteiger partial charge on any atom is 0.387 e. The van der Waals surface area contributed by atoms with Crippen LogP contribution >= 0.6 is 17.0 Å². The number of hydrogen-bond acceptors (Lipinski definition) is 4. The maximum absolute atomic E-state index is 12.5. The van der Waals surface area contributed by atoms with Gasteiger partial charge in [0.25, 0.3) is 11.6 Å². The summed E-state index contributed by atoms with van der Waals surface area (Å²) < 4.78 is 37.3. The van der Waals surface area contributed by atoms with Gasteiger partial charge in [0.1, 0.15) is 5.75 Å². The molecule has 2 aliphatic heterocycles. The molecule has 0 saturated carbocycles. The highest BCUT2D eigenvalue weighted by Crippen LogP contribution is 2.41. The molecule has 0 amide bonds. The summed E-state index contributed by atoms with van der Waals surface area (Å²) in [5, 5.41) is 11.9. The van der Waals surface area contributed by atoms with Gasteiger partial charge in [-0.15, -0.1) is 17.0 Å². The number of ether oxygens (including phenoxy) is 2. The molecule has 2 aromatic carbocycles. The van der Waals surface area contributed by atoms with Crippen molar-refractivity contribution in [1.82, 2.24) is 0 Å². The predicted octanol–water partition coefficient (Wildman–Crippen LogP) is 4.52. The van der Waals surface area contributed by atoms with E-state index in [0.29, 0.717) is 17.9 Å². The molecule has 4 rings (SSSR count). The maximum atomic E-state index is 12.5. The minimum Gasteiger partial charge on any atom is -0.492 e. The number of aliphatic hydroxyl groups is 1. The van der Waals surface area contributed by atoms with E-state index < -0.39 is 12.3 Å². The summed E-state index contributed by atoms with van der Waals surface area (Å²) in [7, 11) is 1.61. The Bertz CT molecular complexity index is 908. The van der Waals surface area contributed by atoms with Crippen molar-refractivity contribution in [1.29, 1.82) is 0 Å². The number of hydrogen-bond donors (Lipinski definition) is 1. The first kappa shape index (κ1) is 22.5. The Hall–Kier alpha value is -2.19. The van der Waals surface area contributed by atoms with Crippen LogP contribution in [0.15, 0.2) is 48.5 Å². The largest absolute Gasteiger partial charge is 0.492 e. The Morgan fingerprint density at radius 3 is 2.50 bits per heavy atom. The minimum absolute atomic E-state index is 0. The smallest absolute Gasteiger partial charge is 0.387 e. The Labute approximate surface area is 185 Å². The highest BCUT2D eigenvalue weighted by Gasteiger charge is 2.54. The van der Waals surface area contributed by atoms with Crippen LogP contribution in [0.4, 0.5) is 14.5 Å². The van der Waals surface area contributed by atoms with E-state index in [9.17, 15) is 13.9 Å². The molecule has 8 heteroatoms. The molecular weight excluding hydrogens is 458 g/mol. The van der Waals surface area contributed by atoms with Crippen molar-refractivity contribution in [3.8, 4) is 11.5 Å². The van der Waals surface area contributed by atoms with Crippen molar-refractivity contribution in [2.45, 2.75) is 38.0 Å². The average Bonchev–Trinajstić information content (AvgIpc) is 2.84. The minimum atomic E-state index is -2.88. The number of anilines is 1. The van der Waals surface area contributed by atoms with E-state index in [2.05, 4.69) is 9.31 Å². The van der Waals surface area contributed by atoms with Gasteiger partial charge in [-0.2, -0.15) is 13.7 Å². The molecule has 0 radical (unpaired) electrons. The van der Waals surface area contributed by atoms with Crippen LogP contribution in [-0.2, 0) is 5.72 Å². The molecule has 30 heavy (non-hydrogen) atoms. The van der Waals surface area contributed by atoms with Crippen LogP contribution in [0, 0.1) is 0 Å². The van der Waals surface area contributed by atoms with Crippen molar-refractivity contribution in [3.63, 3.8) is 0 Å². The normalized spacial score (nSPS) is 21.2. The molecule has 2 heterocycles. The van der Waals surface area contributed by atoms with Crippen molar-refractivity contribution in [2.24, 2.45) is 0 Å². The molecule has 2 aromatic rings. The lowest BCUT2D eigenvalue weighted by Crippen LogP contribution is -2.47. The standard InChI is InChI=1S/C22H25F2N2O3.BrH/c1-28-19-8-5-4-7-18(19)26-20-9-3-2-6-14-25(20)15-22(26,27)16-10-12-17(13-11-16)29-21(23)24;/h4-5,7-8,10-13,21,27H,2-3,6,9,14-15H2,1H3;1H/q+1;. The summed E-state index contributed by atoms with van der Waals surface area (Å²) in [5.74, 6) is 1.79. The fourth-order valence-corrected chi connectivity index (χ4v) is 4.30. The number of benzene rings is 2. The molecule has 162 valence electrons. The molecular formula is C22H26BrF2N2O3+. The van der Waals surface area contributed by atoms with Gasteiger partial charge in [0.15, 0.2) is 18.0 Å². The Balaban J connectivity index is 0.00000256. The molecule has 0 aliphatic carbocycles. The van der Waals surface area contributed by atoms with Crippen molar-refractivity contribution in [2.75, 3.05) is 25.1 Å². The first-order valence-corrected chi connectivity index (χ1v) is 9.84. The zero-order valence-electron chi connectivity index (χ0n) is 16.8. The Morgan fingerprint density at radius 1 is 1.07 bits per heavy atom. The van der Waals surface area contributed by atoms with E-state index in [0.717, 1.165) is 43.8 Å². The van der Waals surface area contributed by atoms with Crippen LogP contribution in [0.25, 0.3) is 0 Å². The number of amidine groups is 1. The van der Waals surface area contributed by atoms with Crippen LogP contribution in [0.2, 0.25) is 0 Å².